The van der Waals surface area contributed by atoms with Crippen molar-refractivity contribution in [3.05, 3.63) is 0 Å². The van der Waals surface area contributed by atoms with Gasteiger partial charge in [0.1, 0.15) is 0 Å². The average molecular weight is 242 g/mol. The van der Waals surface area contributed by atoms with Gasteiger partial charge in [0.05, 0.1) is 24.9 Å². The number of ether oxygens (including phenoxy) is 1. The SMILES string of the molecule is CC(C)N1CCN([C@]2(C)COC[C@H]2O)[C@H](C)C1. The summed E-state index contributed by atoms with van der Waals surface area (Å²) >= 11 is 0. The third-order valence-electron chi connectivity index (χ3n) is 4.43. The van der Waals surface area contributed by atoms with Gasteiger partial charge < -0.3 is 9.84 Å². The molecule has 17 heavy (non-hydrogen) atoms. The molecule has 4 heteroatoms. The molecule has 2 fully saturated rings. The van der Waals surface area contributed by atoms with E-state index >= 15 is 0 Å². The maximum Gasteiger partial charge on any atom is 0.0976 e. The number of hydrogen-bond donors (Lipinski definition) is 1. The van der Waals surface area contributed by atoms with Crippen LogP contribution in [0.15, 0.2) is 0 Å². The minimum atomic E-state index is -0.351. The highest BCUT2D eigenvalue weighted by Crippen LogP contribution is 2.30. The number of aliphatic hydroxyl groups is 1. The highest BCUT2D eigenvalue weighted by atomic mass is 16.5. The van der Waals surface area contributed by atoms with E-state index in [0.29, 0.717) is 25.3 Å². The smallest absolute Gasteiger partial charge is 0.0976 e. The van der Waals surface area contributed by atoms with Crippen LogP contribution in [0.5, 0.6) is 0 Å². The van der Waals surface area contributed by atoms with Crippen LogP contribution >= 0.6 is 0 Å². The summed E-state index contributed by atoms with van der Waals surface area (Å²) in [6.07, 6.45) is -0.351. The highest BCUT2D eigenvalue weighted by molar-refractivity contribution is 5.01. The van der Waals surface area contributed by atoms with Gasteiger partial charge in [-0.3, -0.25) is 9.80 Å². The van der Waals surface area contributed by atoms with Crippen LogP contribution in [0.2, 0.25) is 0 Å². The first kappa shape index (κ1) is 13.3. The lowest BCUT2D eigenvalue weighted by molar-refractivity contribution is -0.0506. The second-order valence-electron chi connectivity index (χ2n) is 6.02. The number of rotatable bonds is 2. The van der Waals surface area contributed by atoms with Crippen molar-refractivity contribution in [2.45, 2.75) is 51.4 Å². The van der Waals surface area contributed by atoms with Gasteiger partial charge in [-0.25, -0.2) is 0 Å². The van der Waals surface area contributed by atoms with Crippen LogP contribution < -0.4 is 0 Å². The molecule has 0 amide bonds. The van der Waals surface area contributed by atoms with Gasteiger partial charge in [-0.15, -0.1) is 0 Å². The van der Waals surface area contributed by atoms with Crippen molar-refractivity contribution in [1.82, 2.24) is 9.80 Å². The molecule has 2 aliphatic heterocycles. The third-order valence-corrected chi connectivity index (χ3v) is 4.43. The van der Waals surface area contributed by atoms with Gasteiger partial charge in [-0.1, -0.05) is 0 Å². The van der Waals surface area contributed by atoms with E-state index in [-0.39, 0.29) is 11.6 Å². The summed E-state index contributed by atoms with van der Waals surface area (Å²) in [5.74, 6) is 0. The molecule has 0 spiro atoms. The fraction of sp³-hybridized carbons (Fsp3) is 1.00. The molecule has 2 saturated heterocycles. The minimum absolute atomic E-state index is 0.192. The molecule has 0 aliphatic carbocycles. The van der Waals surface area contributed by atoms with Gasteiger partial charge in [0.2, 0.25) is 0 Å². The maximum atomic E-state index is 10.1. The minimum Gasteiger partial charge on any atom is -0.389 e. The maximum absolute atomic E-state index is 10.1. The van der Waals surface area contributed by atoms with E-state index in [1.807, 2.05) is 0 Å². The van der Waals surface area contributed by atoms with Crippen molar-refractivity contribution < 1.29 is 9.84 Å². The third kappa shape index (κ3) is 2.36. The Morgan fingerprint density at radius 3 is 2.53 bits per heavy atom. The standard InChI is InChI=1S/C13H26N2O2/c1-10(2)14-5-6-15(11(3)7-14)13(4)9-17-8-12(13)16/h10-12,16H,5-9H2,1-4H3/t11-,12-,13-/m1/s1. The lowest BCUT2D eigenvalue weighted by atomic mass is 9.92. The predicted octanol–water partition coefficient (Wildman–Crippen LogP) is 0.551. The van der Waals surface area contributed by atoms with Crippen LogP contribution in [0.1, 0.15) is 27.7 Å². The molecule has 1 N–H and O–H groups in total. The van der Waals surface area contributed by atoms with Crippen molar-refractivity contribution in [1.29, 1.82) is 0 Å². The Hall–Kier alpha value is -0.160. The van der Waals surface area contributed by atoms with E-state index in [1.54, 1.807) is 0 Å². The van der Waals surface area contributed by atoms with Crippen molar-refractivity contribution in [2.24, 2.45) is 0 Å². The average Bonchev–Trinajstić information content (AvgIpc) is 2.59. The Kier molecular flexibility index (Phi) is 3.78. The first-order valence-corrected chi connectivity index (χ1v) is 6.72. The zero-order valence-corrected chi connectivity index (χ0v) is 11.5. The topological polar surface area (TPSA) is 35.9 Å². The summed E-state index contributed by atoms with van der Waals surface area (Å²) in [5, 5.41) is 10.1. The molecular weight excluding hydrogens is 216 g/mol. The van der Waals surface area contributed by atoms with Crippen LogP contribution in [0, 0.1) is 0 Å². The molecule has 0 aromatic heterocycles. The Morgan fingerprint density at radius 2 is 2.06 bits per heavy atom. The molecule has 3 atom stereocenters. The Morgan fingerprint density at radius 1 is 1.35 bits per heavy atom. The van der Waals surface area contributed by atoms with E-state index in [4.69, 9.17) is 4.74 Å². The zero-order valence-electron chi connectivity index (χ0n) is 11.5. The summed E-state index contributed by atoms with van der Waals surface area (Å²) in [7, 11) is 0. The molecule has 4 nitrogen and oxygen atoms in total. The fourth-order valence-corrected chi connectivity index (χ4v) is 3.14. The summed E-state index contributed by atoms with van der Waals surface area (Å²) in [5.41, 5.74) is -0.192. The van der Waals surface area contributed by atoms with Crippen LogP contribution in [0.3, 0.4) is 0 Å². The van der Waals surface area contributed by atoms with E-state index in [9.17, 15) is 5.11 Å². The number of hydrogen-bond acceptors (Lipinski definition) is 4. The Balaban J connectivity index is 2.04. The molecule has 2 rings (SSSR count). The summed E-state index contributed by atoms with van der Waals surface area (Å²) in [6, 6.07) is 1.09. The quantitative estimate of drug-likeness (QED) is 0.767. The van der Waals surface area contributed by atoms with E-state index in [2.05, 4.69) is 37.5 Å². The van der Waals surface area contributed by atoms with E-state index in [1.165, 1.54) is 0 Å². The molecule has 0 aromatic rings. The normalized spacial score (nSPS) is 41.3. The van der Waals surface area contributed by atoms with Crippen molar-refractivity contribution in [2.75, 3.05) is 32.8 Å². The zero-order chi connectivity index (χ0) is 12.6. The number of nitrogens with zero attached hydrogens (tertiary/aromatic N) is 2. The second kappa shape index (κ2) is 4.84. The second-order valence-corrected chi connectivity index (χ2v) is 6.02. The molecule has 0 bridgehead atoms. The van der Waals surface area contributed by atoms with Gasteiger partial charge in [0.15, 0.2) is 0 Å². The number of piperazine rings is 1. The molecule has 0 aromatic carbocycles. The summed E-state index contributed by atoms with van der Waals surface area (Å²) in [6.45, 7) is 13.2. The van der Waals surface area contributed by atoms with Crippen LogP contribution in [0.25, 0.3) is 0 Å². The lowest BCUT2D eigenvalue weighted by Gasteiger charge is -2.49. The van der Waals surface area contributed by atoms with Crippen LogP contribution in [-0.4, -0.2) is 71.5 Å². The van der Waals surface area contributed by atoms with Crippen molar-refractivity contribution >= 4 is 0 Å². The first-order chi connectivity index (χ1) is 7.95. The Bertz CT molecular complexity index is 272. The van der Waals surface area contributed by atoms with E-state index < -0.39 is 0 Å². The van der Waals surface area contributed by atoms with Gasteiger partial charge in [0.25, 0.3) is 0 Å². The number of aliphatic hydroxyl groups excluding tert-OH is 1. The van der Waals surface area contributed by atoms with E-state index in [0.717, 1.165) is 19.6 Å². The highest BCUT2D eigenvalue weighted by Gasteiger charge is 2.46. The molecule has 0 saturated carbocycles. The van der Waals surface area contributed by atoms with Crippen LogP contribution in [-0.2, 0) is 4.74 Å². The molecule has 100 valence electrons. The Labute approximate surface area is 105 Å². The molecule has 2 heterocycles. The van der Waals surface area contributed by atoms with Crippen molar-refractivity contribution in [3.8, 4) is 0 Å². The fourth-order valence-electron chi connectivity index (χ4n) is 3.14. The predicted molar refractivity (Wildman–Crippen MR) is 68.1 cm³/mol. The monoisotopic (exact) mass is 242 g/mol. The van der Waals surface area contributed by atoms with Crippen LogP contribution in [0.4, 0.5) is 0 Å². The van der Waals surface area contributed by atoms with Gasteiger partial charge in [-0.05, 0) is 27.7 Å². The summed E-state index contributed by atoms with van der Waals surface area (Å²) < 4.78 is 5.44. The van der Waals surface area contributed by atoms with Crippen molar-refractivity contribution in [3.63, 3.8) is 0 Å². The molecular formula is C13H26N2O2. The molecule has 0 radical (unpaired) electrons. The van der Waals surface area contributed by atoms with Gasteiger partial charge in [0, 0.05) is 31.7 Å². The largest absolute Gasteiger partial charge is 0.389 e. The first-order valence-electron chi connectivity index (χ1n) is 6.72. The van der Waals surface area contributed by atoms with Gasteiger partial charge >= 0.3 is 0 Å². The lowest BCUT2D eigenvalue weighted by Crippen LogP contribution is -2.64. The molecule has 2 aliphatic rings. The summed E-state index contributed by atoms with van der Waals surface area (Å²) in [4.78, 5) is 4.94. The van der Waals surface area contributed by atoms with Gasteiger partial charge in [-0.2, -0.15) is 0 Å². The molecule has 0 unspecified atom stereocenters.